The molecule has 7 heteroatoms. The molecular weight excluding hydrogens is 294 g/mol. The lowest BCUT2D eigenvalue weighted by atomic mass is 10.2. The molecule has 0 aliphatic heterocycles. The predicted molar refractivity (Wildman–Crippen MR) is 85.1 cm³/mol. The van der Waals surface area contributed by atoms with Gasteiger partial charge in [-0.1, -0.05) is 17.3 Å². The van der Waals surface area contributed by atoms with Crippen LogP contribution in [0, 0.1) is 0 Å². The van der Waals surface area contributed by atoms with Crippen LogP contribution in [0.25, 0.3) is 27.8 Å². The van der Waals surface area contributed by atoms with E-state index in [0.717, 1.165) is 16.4 Å². The van der Waals surface area contributed by atoms with Gasteiger partial charge in [-0.15, -0.1) is 5.10 Å². The fraction of sp³-hybridized carbons (Fsp3) is 0.125. The Morgan fingerprint density at radius 3 is 2.65 bits per heavy atom. The number of methoxy groups -OCH3 is 2. The van der Waals surface area contributed by atoms with E-state index in [1.54, 1.807) is 18.9 Å². The summed E-state index contributed by atoms with van der Waals surface area (Å²) in [6.07, 6.45) is 1.48. The number of hydrogen-bond acceptors (Lipinski definition) is 6. The summed E-state index contributed by atoms with van der Waals surface area (Å²) in [7, 11) is 3.18. The number of rotatable bonds is 3. The van der Waals surface area contributed by atoms with Crippen molar-refractivity contribution in [1.82, 2.24) is 25.0 Å². The minimum Gasteiger partial charge on any atom is -0.493 e. The Bertz CT molecular complexity index is 1010. The fourth-order valence-electron chi connectivity index (χ4n) is 2.62. The van der Waals surface area contributed by atoms with Crippen molar-refractivity contribution < 1.29 is 9.47 Å². The molecule has 0 aliphatic rings. The van der Waals surface area contributed by atoms with Crippen LogP contribution in [0.5, 0.6) is 11.5 Å². The van der Waals surface area contributed by atoms with Crippen LogP contribution in [0.3, 0.4) is 0 Å². The lowest BCUT2D eigenvalue weighted by Crippen LogP contribution is -2.03. The van der Waals surface area contributed by atoms with Gasteiger partial charge in [0.2, 0.25) is 0 Å². The molecule has 4 rings (SSSR count). The van der Waals surface area contributed by atoms with Crippen LogP contribution < -0.4 is 9.47 Å². The largest absolute Gasteiger partial charge is 0.493 e. The number of ether oxygens (including phenoxy) is 2. The third-order valence-corrected chi connectivity index (χ3v) is 3.68. The second kappa shape index (κ2) is 5.20. The van der Waals surface area contributed by atoms with E-state index < -0.39 is 0 Å². The summed E-state index contributed by atoms with van der Waals surface area (Å²) in [4.78, 5) is 8.72. The van der Waals surface area contributed by atoms with Gasteiger partial charge in [0.15, 0.2) is 17.3 Å². The van der Waals surface area contributed by atoms with Crippen molar-refractivity contribution in [3.05, 3.63) is 42.7 Å². The van der Waals surface area contributed by atoms with E-state index in [9.17, 15) is 0 Å². The number of benzene rings is 2. The molecule has 0 bridgehead atoms. The minimum atomic E-state index is 0.568. The van der Waals surface area contributed by atoms with Crippen LogP contribution >= 0.6 is 0 Å². The monoisotopic (exact) mass is 307 g/mol. The van der Waals surface area contributed by atoms with E-state index in [1.807, 2.05) is 36.4 Å². The Morgan fingerprint density at radius 2 is 1.83 bits per heavy atom. The first-order valence-electron chi connectivity index (χ1n) is 7.00. The van der Waals surface area contributed by atoms with Gasteiger partial charge in [0.05, 0.1) is 19.7 Å². The van der Waals surface area contributed by atoms with Gasteiger partial charge in [0, 0.05) is 5.39 Å². The third-order valence-electron chi connectivity index (χ3n) is 3.68. The summed E-state index contributed by atoms with van der Waals surface area (Å²) in [6.45, 7) is 0. The first kappa shape index (κ1) is 13.4. The average molecular weight is 307 g/mol. The van der Waals surface area contributed by atoms with E-state index in [4.69, 9.17) is 9.47 Å². The number of fused-ring (bicyclic) bond motifs is 2. The van der Waals surface area contributed by atoms with Crippen molar-refractivity contribution in [3.8, 4) is 17.3 Å². The van der Waals surface area contributed by atoms with E-state index in [2.05, 4.69) is 20.3 Å². The van der Waals surface area contributed by atoms with Crippen LogP contribution in [0.1, 0.15) is 0 Å². The molecule has 0 atom stereocenters. The molecule has 2 heterocycles. The van der Waals surface area contributed by atoms with Crippen LogP contribution in [-0.4, -0.2) is 39.2 Å². The first-order valence-corrected chi connectivity index (χ1v) is 7.00. The van der Waals surface area contributed by atoms with Crippen LogP contribution in [-0.2, 0) is 0 Å². The second-order valence-corrected chi connectivity index (χ2v) is 4.88. The topological polar surface area (TPSA) is 75.0 Å². The quantitative estimate of drug-likeness (QED) is 0.578. The summed E-state index contributed by atoms with van der Waals surface area (Å²) < 4.78 is 12.5. The van der Waals surface area contributed by atoms with Crippen molar-refractivity contribution in [3.63, 3.8) is 0 Å². The zero-order chi connectivity index (χ0) is 15.8. The SMILES string of the molecule is COc1ccc2c(-n3nnc4ccccc43)ncnc2c1OC. The van der Waals surface area contributed by atoms with Gasteiger partial charge in [-0.05, 0) is 24.3 Å². The summed E-state index contributed by atoms with van der Waals surface area (Å²) in [5, 5.41) is 9.20. The maximum absolute atomic E-state index is 5.45. The molecule has 0 radical (unpaired) electrons. The third kappa shape index (κ3) is 1.97. The molecule has 0 N–H and O–H groups in total. The molecule has 114 valence electrons. The highest BCUT2D eigenvalue weighted by Crippen LogP contribution is 2.35. The highest BCUT2D eigenvalue weighted by molar-refractivity contribution is 5.93. The molecule has 0 fully saturated rings. The molecule has 0 aliphatic carbocycles. The summed E-state index contributed by atoms with van der Waals surface area (Å²) >= 11 is 0. The normalized spacial score (nSPS) is 11.0. The van der Waals surface area contributed by atoms with Crippen molar-refractivity contribution in [2.75, 3.05) is 14.2 Å². The van der Waals surface area contributed by atoms with E-state index in [1.165, 1.54) is 6.33 Å². The van der Waals surface area contributed by atoms with Gasteiger partial charge in [-0.2, -0.15) is 4.68 Å². The van der Waals surface area contributed by atoms with Gasteiger partial charge >= 0.3 is 0 Å². The van der Waals surface area contributed by atoms with Gasteiger partial charge in [0.1, 0.15) is 17.4 Å². The molecule has 2 aromatic heterocycles. The predicted octanol–water partition coefficient (Wildman–Crippen LogP) is 2.38. The Labute approximate surface area is 131 Å². The molecule has 0 saturated carbocycles. The van der Waals surface area contributed by atoms with Gasteiger partial charge < -0.3 is 9.47 Å². The summed E-state index contributed by atoms with van der Waals surface area (Å²) in [6, 6.07) is 11.4. The second-order valence-electron chi connectivity index (χ2n) is 4.88. The molecule has 23 heavy (non-hydrogen) atoms. The van der Waals surface area contributed by atoms with Crippen molar-refractivity contribution in [2.24, 2.45) is 0 Å². The van der Waals surface area contributed by atoms with E-state index >= 15 is 0 Å². The maximum atomic E-state index is 5.45. The van der Waals surface area contributed by atoms with Crippen molar-refractivity contribution in [1.29, 1.82) is 0 Å². The molecule has 0 spiro atoms. The lowest BCUT2D eigenvalue weighted by molar-refractivity contribution is 0.358. The molecule has 0 unspecified atom stereocenters. The Hall–Kier alpha value is -3.22. The zero-order valence-electron chi connectivity index (χ0n) is 12.6. The van der Waals surface area contributed by atoms with E-state index in [-0.39, 0.29) is 0 Å². The Morgan fingerprint density at radius 1 is 0.957 bits per heavy atom. The number of hydrogen-bond donors (Lipinski definition) is 0. The van der Waals surface area contributed by atoms with Crippen LogP contribution in [0.4, 0.5) is 0 Å². The van der Waals surface area contributed by atoms with Gasteiger partial charge in [0.25, 0.3) is 0 Å². The molecular formula is C16H13N5O2. The van der Waals surface area contributed by atoms with Crippen LogP contribution in [0.2, 0.25) is 0 Å². The maximum Gasteiger partial charge on any atom is 0.187 e. The Kier molecular flexibility index (Phi) is 3.04. The number of aromatic nitrogens is 5. The highest BCUT2D eigenvalue weighted by atomic mass is 16.5. The van der Waals surface area contributed by atoms with Crippen molar-refractivity contribution in [2.45, 2.75) is 0 Å². The lowest BCUT2D eigenvalue weighted by Gasteiger charge is -2.11. The summed E-state index contributed by atoms with van der Waals surface area (Å²) in [5.41, 5.74) is 2.35. The number of nitrogens with zero attached hydrogens (tertiary/aromatic N) is 5. The molecule has 4 aromatic rings. The highest BCUT2D eigenvalue weighted by Gasteiger charge is 2.16. The minimum absolute atomic E-state index is 0.568. The molecule has 0 saturated heterocycles. The standard InChI is InChI=1S/C16H13N5O2/c1-22-13-8-7-10-14(15(13)23-2)17-9-18-16(10)21-12-6-4-3-5-11(12)19-20-21/h3-9H,1-2H3. The molecule has 2 aromatic carbocycles. The van der Waals surface area contributed by atoms with Gasteiger partial charge in [-0.25, -0.2) is 9.97 Å². The van der Waals surface area contributed by atoms with Gasteiger partial charge in [-0.3, -0.25) is 0 Å². The Balaban J connectivity index is 2.05. The molecule has 0 amide bonds. The van der Waals surface area contributed by atoms with Crippen molar-refractivity contribution >= 4 is 21.9 Å². The number of para-hydroxylation sites is 1. The average Bonchev–Trinajstić information content (AvgIpc) is 3.04. The first-order chi connectivity index (χ1) is 11.3. The smallest absolute Gasteiger partial charge is 0.187 e. The molecule has 7 nitrogen and oxygen atoms in total. The van der Waals surface area contributed by atoms with Crippen LogP contribution in [0.15, 0.2) is 42.7 Å². The summed E-state index contributed by atoms with van der Waals surface area (Å²) in [5.74, 6) is 1.83. The zero-order valence-corrected chi connectivity index (χ0v) is 12.6. The fourth-order valence-corrected chi connectivity index (χ4v) is 2.62. The van der Waals surface area contributed by atoms with E-state index in [0.29, 0.717) is 22.8 Å².